The smallest absolute Gasteiger partial charge is 0.191 e. The summed E-state index contributed by atoms with van der Waals surface area (Å²) in [6, 6.07) is 6.08. The van der Waals surface area contributed by atoms with Gasteiger partial charge in [-0.2, -0.15) is 0 Å². The van der Waals surface area contributed by atoms with E-state index in [0.717, 1.165) is 0 Å². The zero-order valence-corrected chi connectivity index (χ0v) is 17.7. The van der Waals surface area contributed by atoms with E-state index in [1.807, 2.05) is 13.8 Å². The second kappa shape index (κ2) is 11.6. The van der Waals surface area contributed by atoms with E-state index >= 15 is 0 Å². The third-order valence-corrected chi connectivity index (χ3v) is 3.99. The Balaban J connectivity index is 0.00000338. The van der Waals surface area contributed by atoms with Crippen LogP contribution in [0.2, 0.25) is 0 Å². The van der Waals surface area contributed by atoms with Crippen LogP contribution < -0.4 is 15.4 Å². The maximum atomic E-state index is 13.2. The van der Waals surface area contributed by atoms with Crippen LogP contribution in [0.1, 0.15) is 26.7 Å². The summed E-state index contributed by atoms with van der Waals surface area (Å²) in [5.74, 6) is 0.794. The number of halogens is 2. The van der Waals surface area contributed by atoms with Crippen molar-refractivity contribution in [2.45, 2.75) is 38.4 Å². The third kappa shape index (κ3) is 8.05. The lowest BCUT2D eigenvalue weighted by atomic mass is 9.95. The molecule has 0 aromatic heterocycles. The van der Waals surface area contributed by atoms with Gasteiger partial charge < -0.3 is 25.2 Å². The van der Waals surface area contributed by atoms with E-state index in [-0.39, 0.29) is 35.9 Å². The fourth-order valence-corrected chi connectivity index (χ4v) is 2.53. The van der Waals surface area contributed by atoms with E-state index in [1.165, 1.54) is 12.1 Å². The van der Waals surface area contributed by atoms with Crippen molar-refractivity contribution in [2.75, 3.05) is 32.8 Å². The first-order valence-corrected chi connectivity index (χ1v) is 8.75. The average Bonchev–Trinajstić information content (AvgIpc) is 2.58. The molecule has 0 aliphatic carbocycles. The number of aliphatic imine (C=N–C) groups is 1. The highest BCUT2D eigenvalue weighted by Gasteiger charge is 2.29. The van der Waals surface area contributed by atoms with Crippen LogP contribution in [0.3, 0.4) is 0 Å². The third-order valence-electron chi connectivity index (χ3n) is 3.99. The zero-order chi connectivity index (χ0) is 18.1. The first kappa shape index (κ1) is 22.9. The molecule has 1 unspecified atom stereocenters. The molecule has 148 valence electrons. The number of ether oxygens (including phenoxy) is 2. The van der Waals surface area contributed by atoms with E-state index in [0.29, 0.717) is 57.4 Å². The Kier molecular flexibility index (Phi) is 10.2. The van der Waals surface area contributed by atoms with E-state index in [1.54, 1.807) is 12.1 Å². The summed E-state index contributed by atoms with van der Waals surface area (Å²) in [7, 11) is 0. The Bertz CT molecular complexity index is 568. The van der Waals surface area contributed by atoms with E-state index in [4.69, 9.17) is 9.47 Å². The molecule has 1 saturated heterocycles. The van der Waals surface area contributed by atoms with Gasteiger partial charge in [0.1, 0.15) is 17.7 Å². The van der Waals surface area contributed by atoms with Crippen LogP contribution in [0.15, 0.2) is 29.3 Å². The largest absolute Gasteiger partial charge is 0.489 e. The van der Waals surface area contributed by atoms with Gasteiger partial charge in [-0.15, -0.1) is 24.0 Å². The van der Waals surface area contributed by atoms with Crippen molar-refractivity contribution in [1.82, 2.24) is 10.6 Å². The van der Waals surface area contributed by atoms with Crippen molar-refractivity contribution < 1.29 is 19.0 Å². The minimum atomic E-state index is -0.801. The standard InChI is InChI=1S/C18H28FN3O3.HI/c1-3-20-17(22-13-18(23)7-9-24-10-8-18)21-12-14(2)25-16-6-4-5-15(19)11-16;/h4-6,11,14,23H,3,7-10,12-13H2,1-2H3,(H2,20,21,22);1H. The summed E-state index contributed by atoms with van der Waals surface area (Å²) in [6.07, 6.45) is 1.01. The Morgan fingerprint density at radius 2 is 2.12 bits per heavy atom. The maximum absolute atomic E-state index is 13.2. The molecule has 0 saturated carbocycles. The molecule has 0 bridgehead atoms. The fourth-order valence-electron chi connectivity index (χ4n) is 2.53. The van der Waals surface area contributed by atoms with Gasteiger partial charge in [0, 0.05) is 38.7 Å². The monoisotopic (exact) mass is 481 g/mol. The second-order valence-corrected chi connectivity index (χ2v) is 6.30. The molecule has 1 aliphatic rings. The molecular weight excluding hydrogens is 452 g/mol. The molecule has 1 fully saturated rings. The van der Waals surface area contributed by atoms with Gasteiger partial charge in [-0.3, -0.25) is 4.99 Å². The number of hydrogen-bond donors (Lipinski definition) is 3. The zero-order valence-electron chi connectivity index (χ0n) is 15.3. The Morgan fingerprint density at radius 3 is 2.77 bits per heavy atom. The molecule has 8 heteroatoms. The normalized spacial score (nSPS) is 17.8. The van der Waals surface area contributed by atoms with Crippen molar-refractivity contribution in [3.05, 3.63) is 30.1 Å². The average molecular weight is 481 g/mol. The summed E-state index contributed by atoms with van der Waals surface area (Å²) >= 11 is 0. The van der Waals surface area contributed by atoms with Crippen LogP contribution >= 0.6 is 24.0 Å². The van der Waals surface area contributed by atoms with Gasteiger partial charge in [0.05, 0.1) is 18.7 Å². The Morgan fingerprint density at radius 1 is 1.38 bits per heavy atom. The highest BCUT2D eigenvalue weighted by Crippen LogP contribution is 2.20. The van der Waals surface area contributed by atoms with Gasteiger partial charge in [-0.25, -0.2) is 4.39 Å². The lowest BCUT2D eigenvalue weighted by Crippen LogP contribution is -2.44. The van der Waals surface area contributed by atoms with Gasteiger partial charge >= 0.3 is 0 Å². The minimum Gasteiger partial charge on any atom is -0.489 e. The van der Waals surface area contributed by atoms with E-state index < -0.39 is 5.60 Å². The highest BCUT2D eigenvalue weighted by atomic mass is 127. The molecule has 0 spiro atoms. The molecule has 0 amide bonds. The first-order chi connectivity index (χ1) is 12.0. The van der Waals surface area contributed by atoms with Gasteiger partial charge in [0.25, 0.3) is 0 Å². The summed E-state index contributed by atoms with van der Waals surface area (Å²) in [5, 5.41) is 16.8. The van der Waals surface area contributed by atoms with E-state index in [9.17, 15) is 9.50 Å². The second-order valence-electron chi connectivity index (χ2n) is 6.30. The number of rotatable bonds is 7. The molecule has 1 aliphatic heterocycles. The topological polar surface area (TPSA) is 75.1 Å². The molecule has 1 atom stereocenters. The minimum absolute atomic E-state index is 0. The first-order valence-electron chi connectivity index (χ1n) is 8.75. The molecule has 6 nitrogen and oxygen atoms in total. The van der Waals surface area contributed by atoms with E-state index in [2.05, 4.69) is 15.6 Å². The molecule has 1 aromatic carbocycles. The van der Waals surface area contributed by atoms with Crippen molar-refractivity contribution in [2.24, 2.45) is 4.99 Å². The van der Waals surface area contributed by atoms with Crippen LogP contribution in [0.5, 0.6) is 5.75 Å². The predicted octanol–water partition coefficient (Wildman–Crippen LogP) is 2.31. The van der Waals surface area contributed by atoms with Crippen LogP contribution in [-0.2, 0) is 4.74 Å². The van der Waals surface area contributed by atoms with Crippen molar-refractivity contribution in [3.8, 4) is 5.75 Å². The number of guanidine groups is 1. The number of aliphatic hydroxyl groups is 1. The quantitative estimate of drug-likeness (QED) is 0.317. The van der Waals surface area contributed by atoms with Crippen molar-refractivity contribution in [3.63, 3.8) is 0 Å². The van der Waals surface area contributed by atoms with Crippen LogP contribution in [0, 0.1) is 5.82 Å². The summed E-state index contributed by atoms with van der Waals surface area (Å²) in [6.45, 7) is 6.55. The van der Waals surface area contributed by atoms with Crippen molar-refractivity contribution >= 4 is 29.9 Å². The van der Waals surface area contributed by atoms with Gasteiger partial charge in [-0.1, -0.05) is 6.07 Å². The lowest BCUT2D eigenvalue weighted by Gasteiger charge is -2.30. The van der Waals surface area contributed by atoms with Crippen LogP contribution in [0.25, 0.3) is 0 Å². The Labute approximate surface area is 171 Å². The van der Waals surface area contributed by atoms with Crippen LogP contribution in [0.4, 0.5) is 4.39 Å². The van der Waals surface area contributed by atoms with Crippen LogP contribution in [-0.4, -0.2) is 55.6 Å². The fraction of sp³-hybridized carbons (Fsp3) is 0.611. The molecule has 2 rings (SSSR count). The molecular formula is C18H29FIN3O3. The van der Waals surface area contributed by atoms with Gasteiger partial charge in [-0.05, 0) is 26.0 Å². The highest BCUT2D eigenvalue weighted by molar-refractivity contribution is 14.0. The predicted molar refractivity (Wildman–Crippen MR) is 111 cm³/mol. The maximum Gasteiger partial charge on any atom is 0.191 e. The molecule has 3 N–H and O–H groups in total. The number of nitrogens with zero attached hydrogens (tertiary/aromatic N) is 1. The van der Waals surface area contributed by atoms with Gasteiger partial charge in [0.15, 0.2) is 5.96 Å². The number of benzene rings is 1. The summed E-state index contributed by atoms with van der Waals surface area (Å²) in [4.78, 5) is 4.48. The molecule has 1 aromatic rings. The summed E-state index contributed by atoms with van der Waals surface area (Å²) < 4.78 is 24.2. The molecule has 0 radical (unpaired) electrons. The molecule has 26 heavy (non-hydrogen) atoms. The van der Waals surface area contributed by atoms with Crippen molar-refractivity contribution in [1.29, 1.82) is 0 Å². The Hall–Kier alpha value is -1.13. The number of nitrogens with one attached hydrogen (secondary N) is 2. The SMILES string of the molecule is CCNC(=NCC1(O)CCOCC1)NCC(C)Oc1cccc(F)c1.I. The van der Waals surface area contributed by atoms with Gasteiger partial charge in [0.2, 0.25) is 0 Å². The molecule has 1 heterocycles. The number of hydrogen-bond acceptors (Lipinski definition) is 4. The lowest BCUT2D eigenvalue weighted by molar-refractivity contribution is -0.0565. The summed E-state index contributed by atoms with van der Waals surface area (Å²) in [5.41, 5.74) is -0.801.